The van der Waals surface area contributed by atoms with E-state index in [1.54, 1.807) is 13.2 Å². The molecule has 0 aliphatic carbocycles. The first-order valence-electron chi connectivity index (χ1n) is 5.46. The van der Waals surface area contributed by atoms with Crippen molar-refractivity contribution in [1.82, 2.24) is 0 Å². The Labute approximate surface area is 102 Å². The van der Waals surface area contributed by atoms with E-state index in [9.17, 15) is 0 Å². The van der Waals surface area contributed by atoms with Gasteiger partial charge < -0.3 is 15.8 Å². The number of anilines is 1. The Morgan fingerprint density at radius 3 is 2.81 bits per heavy atom. The molecule has 0 aromatic heterocycles. The Kier molecular flexibility index (Phi) is 5.43. The Morgan fingerprint density at radius 1 is 1.50 bits per heavy atom. The summed E-state index contributed by atoms with van der Waals surface area (Å²) in [6.45, 7) is 2.90. The van der Waals surface area contributed by atoms with Crippen LogP contribution in [-0.4, -0.2) is 19.7 Å². The molecule has 0 amide bonds. The molecule has 3 N–H and O–H groups in total. The zero-order valence-corrected chi connectivity index (χ0v) is 10.6. The quantitative estimate of drug-likeness (QED) is 0.754. The van der Waals surface area contributed by atoms with Gasteiger partial charge in [-0.05, 0) is 31.9 Å². The average Bonchev–Trinajstić information content (AvgIpc) is 2.25. The van der Waals surface area contributed by atoms with E-state index < -0.39 is 0 Å². The summed E-state index contributed by atoms with van der Waals surface area (Å²) in [6.07, 6.45) is 2.06. The number of halogens is 1. The zero-order valence-electron chi connectivity index (χ0n) is 9.79. The highest BCUT2D eigenvalue weighted by atomic mass is 35.5. The van der Waals surface area contributed by atoms with Crippen LogP contribution in [0.25, 0.3) is 0 Å². The van der Waals surface area contributed by atoms with Gasteiger partial charge in [-0.3, -0.25) is 0 Å². The lowest BCUT2D eigenvalue weighted by Gasteiger charge is -2.10. The summed E-state index contributed by atoms with van der Waals surface area (Å²) >= 11 is 6.08. The van der Waals surface area contributed by atoms with Crippen molar-refractivity contribution < 1.29 is 4.74 Å². The van der Waals surface area contributed by atoms with Gasteiger partial charge in [-0.25, -0.2) is 0 Å². The van der Waals surface area contributed by atoms with Gasteiger partial charge in [-0.2, -0.15) is 0 Å². The van der Waals surface area contributed by atoms with Crippen LogP contribution in [0.15, 0.2) is 18.2 Å². The van der Waals surface area contributed by atoms with Gasteiger partial charge in [0.2, 0.25) is 0 Å². The molecule has 1 atom stereocenters. The van der Waals surface area contributed by atoms with Crippen LogP contribution in [0.4, 0.5) is 5.69 Å². The molecular formula is C12H19ClN2O. The minimum Gasteiger partial charge on any atom is -0.497 e. The van der Waals surface area contributed by atoms with E-state index in [0.717, 1.165) is 30.8 Å². The fraction of sp³-hybridized carbons (Fsp3) is 0.500. The lowest BCUT2D eigenvalue weighted by Crippen LogP contribution is -2.16. The number of hydrogen-bond acceptors (Lipinski definition) is 3. The van der Waals surface area contributed by atoms with Gasteiger partial charge in [0.15, 0.2) is 0 Å². The molecule has 0 spiro atoms. The summed E-state index contributed by atoms with van der Waals surface area (Å²) in [7, 11) is 1.63. The molecule has 16 heavy (non-hydrogen) atoms. The molecular weight excluding hydrogens is 224 g/mol. The third kappa shape index (κ3) is 4.29. The number of nitrogens with one attached hydrogen (secondary N) is 1. The first-order chi connectivity index (χ1) is 7.63. The SMILES string of the molecule is COc1ccc(NCCCC(C)N)c(Cl)c1. The molecule has 0 bridgehead atoms. The third-order valence-corrected chi connectivity index (χ3v) is 2.64. The minimum absolute atomic E-state index is 0.258. The van der Waals surface area contributed by atoms with Gasteiger partial charge in [0.1, 0.15) is 5.75 Å². The highest BCUT2D eigenvalue weighted by Gasteiger charge is 2.01. The van der Waals surface area contributed by atoms with Gasteiger partial charge in [-0.15, -0.1) is 0 Å². The van der Waals surface area contributed by atoms with Crippen LogP contribution in [-0.2, 0) is 0 Å². The molecule has 1 unspecified atom stereocenters. The molecule has 0 heterocycles. The van der Waals surface area contributed by atoms with Crippen LogP contribution < -0.4 is 15.8 Å². The van der Waals surface area contributed by atoms with E-state index in [-0.39, 0.29) is 6.04 Å². The molecule has 0 radical (unpaired) electrons. The van der Waals surface area contributed by atoms with E-state index in [0.29, 0.717) is 5.02 Å². The zero-order chi connectivity index (χ0) is 12.0. The second-order valence-corrected chi connectivity index (χ2v) is 4.30. The number of methoxy groups -OCH3 is 1. The Balaban J connectivity index is 2.42. The Morgan fingerprint density at radius 2 is 2.25 bits per heavy atom. The third-order valence-electron chi connectivity index (χ3n) is 2.33. The predicted octanol–water partition coefficient (Wildman–Crippen LogP) is 2.89. The molecule has 1 rings (SSSR count). The summed E-state index contributed by atoms with van der Waals surface area (Å²) < 4.78 is 5.08. The van der Waals surface area contributed by atoms with Gasteiger partial charge in [0, 0.05) is 18.7 Å². The molecule has 0 saturated carbocycles. The van der Waals surface area contributed by atoms with Crippen LogP contribution in [0.5, 0.6) is 5.75 Å². The normalized spacial score (nSPS) is 12.2. The van der Waals surface area contributed by atoms with Crippen LogP contribution >= 0.6 is 11.6 Å². The molecule has 0 aliphatic heterocycles. The molecule has 1 aromatic rings. The number of nitrogens with two attached hydrogens (primary N) is 1. The maximum absolute atomic E-state index is 6.08. The number of hydrogen-bond donors (Lipinski definition) is 2. The van der Waals surface area contributed by atoms with Crippen molar-refractivity contribution >= 4 is 17.3 Å². The van der Waals surface area contributed by atoms with E-state index in [1.165, 1.54) is 0 Å². The van der Waals surface area contributed by atoms with Crippen molar-refractivity contribution in [2.45, 2.75) is 25.8 Å². The van der Waals surface area contributed by atoms with Crippen molar-refractivity contribution in [3.63, 3.8) is 0 Å². The monoisotopic (exact) mass is 242 g/mol. The molecule has 90 valence electrons. The van der Waals surface area contributed by atoms with Crippen molar-refractivity contribution in [3.05, 3.63) is 23.2 Å². The largest absolute Gasteiger partial charge is 0.497 e. The minimum atomic E-state index is 0.258. The van der Waals surface area contributed by atoms with Gasteiger partial charge in [0.25, 0.3) is 0 Å². The maximum atomic E-state index is 6.08. The van der Waals surface area contributed by atoms with Crippen molar-refractivity contribution in [1.29, 1.82) is 0 Å². The molecule has 0 fully saturated rings. The van der Waals surface area contributed by atoms with Crippen molar-refractivity contribution in [2.24, 2.45) is 5.73 Å². The predicted molar refractivity (Wildman–Crippen MR) is 69.4 cm³/mol. The number of ether oxygens (including phenoxy) is 1. The average molecular weight is 243 g/mol. The second kappa shape index (κ2) is 6.61. The topological polar surface area (TPSA) is 47.3 Å². The first-order valence-corrected chi connectivity index (χ1v) is 5.84. The molecule has 4 heteroatoms. The van der Waals surface area contributed by atoms with E-state index >= 15 is 0 Å². The highest BCUT2D eigenvalue weighted by Crippen LogP contribution is 2.26. The smallest absolute Gasteiger partial charge is 0.120 e. The van der Waals surface area contributed by atoms with E-state index in [1.807, 2.05) is 19.1 Å². The molecule has 0 aliphatic rings. The summed E-state index contributed by atoms with van der Waals surface area (Å²) in [5.74, 6) is 0.770. The van der Waals surface area contributed by atoms with Crippen LogP contribution in [0, 0.1) is 0 Å². The van der Waals surface area contributed by atoms with Gasteiger partial charge in [0.05, 0.1) is 17.8 Å². The molecule has 1 aromatic carbocycles. The highest BCUT2D eigenvalue weighted by molar-refractivity contribution is 6.33. The molecule has 3 nitrogen and oxygen atoms in total. The van der Waals surface area contributed by atoms with Crippen LogP contribution in [0.2, 0.25) is 5.02 Å². The summed E-state index contributed by atoms with van der Waals surface area (Å²) in [5, 5.41) is 3.96. The Bertz CT molecular complexity index is 329. The fourth-order valence-electron chi connectivity index (χ4n) is 1.41. The number of rotatable bonds is 6. The van der Waals surface area contributed by atoms with Crippen LogP contribution in [0.3, 0.4) is 0 Å². The van der Waals surface area contributed by atoms with Gasteiger partial charge in [-0.1, -0.05) is 11.6 Å². The van der Waals surface area contributed by atoms with E-state index in [4.69, 9.17) is 22.1 Å². The second-order valence-electron chi connectivity index (χ2n) is 3.89. The first kappa shape index (κ1) is 13.1. The summed E-state index contributed by atoms with van der Waals surface area (Å²) in [6, 6.07) is 5.87. The van der Waals surface area contributed by atoms with Gasteiger partial charge >= 0.3 is 0 Å². The summed E-state index contributed by atoms with van der Waals surface area (Å²) in [4.78, 5) is 0. The van der Waals surface area contributed by atoms with Crippen molar-refractivity contribution in [3.8, 4) is 5.75 Å². The lowest BCUT2D eigenvalue weighted by molar-refractivity contribution is 0.415. The van der Waals surface area contributed by atoms with Crippen LogP contribution in [0.1, 0.15) is 19.8 Å². The Hall–Kier alpha value is -0.930. The fourth-order valence-corrected chi connectivity index (χ4v) is 1.65. The lowest BCUT2D eigenvalue weighted by atomic mass is 10.2. The number of benzene rings is 1. The standard InChI is InChI=1S/C12H19ClN2O/c1-9(14)4-3-7-15-12-6-5-10(16-2)8-11(12)13/h5-6,8-9,15H,3-4,7,14H2,1-2H3. The van der Waals surface area contributed by atoms with Crippen molar-refractivity contribution in [2.75, 3.05) is 19.0 Å². The maximum Gasteiger partial charge on any atom is 0.120 e. The van der Waals surface area contributed by atoms with E-state index in [2.05, 4.69) is 5.32 Å². The summed E-state index contributed by atoms with van der Waals surface area (Å²) in [5.41, 5.74) is 6.61. The molecule has 0 saturated heterocycles.